The van der Waals surface area contributed by atoms with Gasteiger partial charge in [0, 0.05) is 19.0 Å². The summed E-state index contributed by atoms with van der Waals surface area (Å²) in [6.45, 7) is 5.09. The van der Waals surface area contributed by atoms with Crippen LogP contribution in [0.3, 0.4) is 0 Å². The second kappa shape index (κ2) is 7.00. The van der Waals surface area contributed by atoms with Gasteiger partial charge in [-0.25, -0.2) is 0 Å². The van der Waals surface area contributed by atoms with Crippen molar-refractivity contribution < 1.29 is 4.79 Å². The summed E-state index contributed by atoms with van der Waals surface area (Å²) in [6, 6.07) is 0.375. The van der Waals surface area contributed by atoms with Crippen LogP contribution < -0.4 is 5.73 Å². The summed E-state index contributed by atoms with van der Waals surface area (Å²) in [7, 11) is 1.96. The molecule has 0 saturated heterocycles. The summed E-state index contributed by atoms with van der Waals surface area (Å²) in [5, 5.41) is 0. The van der Waals surface area contributed by atoms with Gasteiger partial charge < -0.3 is 10.6 Å². The Balaban J connectivity index is 2.42. The van der Waals surface area contributed by atoms with E-state index in [1.807, 2.05) is 11.9 Å². The van der Waals surface area contributed by atoms with Gasteiger partial charge in [0.25, 0.3) is 0 Å². The molecule has 0 aromatic rings. The van der Waals surface area contributed by atoms with Gasteiger partial charge in [0.15, 0.2) is 0 Å². The highest BCUT2D eigenvalue weighted by Crippen LogP contribution is 2.29. The van der Waals surface area contributed by atoms with Crippen molar-refractivity contribution in [3.8, 4) is 0 Å². The summed E-state index contributed by atoms with van der Waals surface area (Å²) in [4.78, 5) is 14.3. The Labute approximate surface area is 106 Å². The predicted molar refractivity (Wildman–Crippen MR) is 71.6 cm³/mol. The van der Waals surface area contributed by atoms with Gasteiger partial charge in [0.1, 0.15) is 0 Å². The lowest BCUT2D eigenvalue weighted by Gasteiger charge is -2.32. The van der Waals surface area contributed by atoms with E-state index in [0.29, 0.717) is 17.9 Å². The van der Waals surface area contributed by atoms with Gasteiger partial charge in [-0.15, -0.1) is 0 Å². The average Bonchev–Trinajstić information content (AvgIpc) is 2.37. The van der Waals surface area contributed by atoms with Gasteiger partial charge >= 0.3 is 0 Å². The Kier molecular flexibility index (Phi) is 5.96. The molecule has 100 valence electrons. The maximum atomic E-state index is 12.3. The molecule has 0 spiro atoms. The summed E-state index contributed by atoms with van der Waals surface area (Å²) in [5.74, 6) is 1.25. The Hall–Kier alpha value is -0.570. The summed E-state index contributed by atoms with van der Waals surface area (Å²) in [6.07, 6.45) is 6.55. The maximum absolute atomic E-state index is 12.3. The topological polar surface area (TPSA) is 46.3 Å². The lowest BCUT2D eigenvalue weighted by atomic mass is 9.81. The first-order valence-electron chi connectivity index (χ1n) is 7.06. The van der Waals surface area contributed by atoms with Gasteiger partial charge in [-0.2, -0.15) is 0 Å². The molecular formula is C14H28N2O. The van der Waals surface area contributed by atoms with Gasteiger partial charge in [0.05, 0.1) is 0 Å². The molecule has 1 fully saturated rings. The molecule has 0 aromatic carbocycles. The monoisotopic (exact) mass is 240 g/mol. The molecule has 1 saturated carbocycles. The molecule has 3 heteroatoms. The van der Waals surface area contributed by atoms with Crippen molar-refractivity contribution in [3.63, 3.8) is 0 Å². The molecule has 2 N–H and O–H groups in total. The van der Waals surface area contributed by atoms with E-state index < -0.39 is 0 Å². The molecular weight excluding hydrogens is 212 g/mol. The second-order valence-corrected chi connectivity index (χ2v) is 5.54. The van der Waals surface area contributed by atoms with E-state index in [1.165, 1.54) is 0 Å². The smallest absolute Gasteiger partial charge is 0.225 e. The standard InChI is InChI=1S/C14H28N2O/c1-4-5-11(2)16(3)14(17)13-8-6-12(10-15)7-9-13/h11-13H,4-10,15H2,1-3H3. The van der Waals surface area contributed by atoms with Gasteiger partial charge in [0.2, 0.25) is 5.91 Å². The molecule has 0 aliphatic heterocycles. The van der Waals surface area contributed by atoms with E-state index in [0.717, 1.165) is 45.1 Å². The summed E-state index contributed by atoms with van der Waals surface area (Å²) < 4.78 is 0. The molecule has 1 unspecified atom stereocenters. The SMILES string of the molecule is CCCC(C)N(C)C(=O)C1CCC(CN)CC1. The van der Waals surface area contributed by atoms with Crippen LogP contribution in [0.15, 0.2) is 0 Å². The molecule has 0 aromatic heterocycles. The lowest BCUT2D eigenvalue weighted by molar-refractivity contribution is -0.137. The highest BCUT2D eigenvalue weighted by molar-refractivity contribution is 5.78. The Morgan fingerprint density at radius 3 is 2.41 bits per heavy atom. The first-order chi connectivity index (χ1) is 8.10. The largest absolute Gasteiger partial charge is 0.343 e. The Bertz CT molecular complexity index is 234. The van der Waals surface area contributed by atoms with Crippen LogP contribution >= 0.6 is 0 Å². The predicted octanol–water partition coefficient (Wildman–Crippen LogP) is 2.40. The Morgan fingerprint density at radius 2 is 1.94 bits per heavy atom. The lowest BCUT2D eigenvalue weighted by Crippen LogP contribution is -2.40. The second-order valence-electron chi connectivity index (χ2n) is 5.54. The van der Waals surface area contributed by atoms with E-state index in [4.69, 9.17) is 5.73 Å². The first kappa shape index (κ1) is 14.5. The minimum absolute atomic E-state index is 0.252. The quantitative estimate of drug-likeness (QED) is 0.802. The van der Waals surface area contributed by atoms with Crippen molar-refractivity contribution in [3.05, 3.63) is 0 Å². The van der Waals surface area contributed by atoms with Crippen LogP contribution in [0.1, 0.15) is 52.4 Å². The maximum Gasteiger partial charge on any atom is 0.225 e. The number of amides is 1. The number of hydrogen-bond donors (Lipinski definition) is 1. The molecule has 1 atom stereocenters. The normalized spacial score (nSPS) is 26.6. The number of carbonyl (C=O) groups excluding carboxylic acids is 1. The molecule has 17 heavy (non-hydrogen) atoms. The van der Waals surface area contributed by atoms with E-state index >= 15 is 0 Å². The highest BCUT2D eigenvalue weighted by atomic mass is 16.2. The summed E-state index contributed by atoms with van der Waals surface area (Å²) >= 11 is 0. The van der Waals surface area contributed by atoms with E-state index in [2.05, 4.69) is 13.8 Å². The van der Waals surface area contributed by atoms with Crippen LogP contribution in [0, 0.1) is 11.8 Å². The van der Waals surface area contributed by atoms with Crippen LogP contribution in [-0.2, 0) is 4.79 Å². The molecule has 0 heterocycles. The molecule has 1 amide bonds. The minimum Gasteiger partial charge on any atom is -0.343 e. The molecule has 1 aliphatic carbocycles. The van der Waals surface area contributed by atoms with Crippen LogP contribution in [0.4, 0.5) is 0 Å². The average molecular weight is 240 g/mol. The third-order valence-electron chi connectivity index (χ3n) is 4.24. The number of nitrogens with two attached hydrogens (primary N) is 1. The zero-order valence-corrected chi connectivity index (χ0v) is 11.6. The van der Waals surface area contributed by atoms with Gasteiger partial charge in [-0.3, -0.25) is 4.79 Å². The number of hydrogen-bond acceptors (Lipinski definition) is 2. The van der Waals surface area contributed by atoms with Crippen molar-refractivity contribution in [1.82, 2.24) is 4.90 Å². The minimum atomic E-state index is 0.252. The van der Waals surface area contributed by atoms with Crippen LogP contribution in [0.25, 0.3) is 0 Å². The fourth-order valence-corrected chi connectivity index (χ4v) is 2.76. The highest BCUT2D eigenvalue weighted by Gasteiger charge is 2.28. The molecule has 1 aliphatic rings. The van der Waals surface area contributed by atoms with Crippen molar-refractivity contribution in [2.75, 3.05) is 13.6 Å². The van der Waals surface area contributed by atoms with Crippen molar-refractivity contribution in [2.45, 2.75) is 58.4 Å². The third-order valence-corrected chi connectivity index (χ3v) is 4.24. The van der Waals surface area contributed by atoms with Crippen LogP contribution in [-0.4, -0.2) is 30.4 Å². The number of nitrogens with zero attached hydrogens (tertiary/aromatic N) is 1. The molecule has 0 radical (unpaired) electrons. The number of carbonyl (C=O) groups is 1. The van der Waals surface area contributed by atoms with E-state index in [-0.39, 0.29) is 5.92 Å². The van der Waals surface area contributed by atoms with Crippen LogP contribution in [0.2, 0.25) is 0 Å². The molecule has 1 rings (SSSR count). The molecule has 3 nitrogen and oxygen atoms in total. The third kappa shape index (κ3) is 3.98. The van der Waals surface area contributed by atoms with Crippen molar-refractivity contribution in [1.29, 1.82) is 0 Å². The first-order valence-corrected chi connectivity index (χ1v) is 7.06. The van der Waals surface area contributed by atoms with Gasteiger partial charge in [-0.05, 0) is 51.5 Å². The van der Waals surface area contributed by atoms with E-state index in [1.54, 1.807) is 0 Å². The zero-order valence-electron chi connectivity index (χ0n) is 11.6. The van der Waals surface area contributed by atoms with Crippen molar-refractivity contribution in [2.24, 2.45) is 17.6 Å². The summed E-state index contributed by atoms with van der Waals surface area (Å²) in [5.41, 5.74) is 5.68. The fourth-order valence-electron chi connectivity index (χ4n) is 2.76. The molecule has 0 bridgehead atoms. The van der Waals surface area contributed by atoms with Crippen LogP contribution in [0.5, 0.6) is 0 Å². The zero-order chi connectivity index (χ0) is 12.8. The van der Waals surface area contributed by atoms with Crippen molar-refractivity contribution >= 4 is 5.91 Å². The fraction of sp³-hybridized carbons (Fsp3) is 0.929. The van der Waals surface area contributed by atoms with E-state index in [9.17, 15) is 4.79 Å². The number of rotatable bonds is 5. The van der Waals surface area contributed by atoms with Gasteiger partial charge in [-0.1, -0.05) is 13.3 Å². The Morgan fingerprint density at radius 1 is 1.35 bits per heavy atom.